The highest BCUT2D eigenvalue weighted by Gasteiger charge is 2.53. The highest BCUT2D eigenvalue weighted by atomic mass is 16.5. The van der Waals surface area contributed by atoms with Gasteiger partial charge in [0.25, 0.3) is 0 Å². The Morgan fingerprint density at radius 1 is 0.556 bits per heavy atom. The molecule has 1 heterocycles. The van der Waals surface area contributed by atoms with Gasteiger partial charge in [0.15, 0.2) is 0 Å². The Labute approximate surface area is 211 Å². The zero-order valence-corrected chi connectivity index (χ0v) is 19.9. The fraction of sp³-hybridized carbons (Fsp3) is 0.0588. The molecular weight excluding hydrogens is 440 g/mol. The van der Waals surface area contributed by atoms with Crippen molar-refractivity contribution in [2.75, 3.05) is 7.11 Å². The standard InChI is InChI=1S/C34H24O2/c1-35-25-20-21-27-26(22-25)32(23-12-4-2-5-13-23)33(24-14-6-3-7-15-24)34(27)28-16-8-10-18-30(28)36-31-19-11-9-17-29(31)34/h2-22H,1H3. The van der Waals surface area contributed by atoms with Crippen LogP contribution in [0.4, 0.5) is 0 Å². The van der Waals surface area contributed by atoms with Gasteiger partial charge in [0.1, 0.15) is 17.2 Å². The minimum absolute atomic E-state index is 0.542. The van der Waals surface area contributed by atoms with Crippen molar-refractivity contribution in [3.8, 4) is 17.2 Å². The fourth-order valence-corrected chi connectivity index (χ4v) is 6.07. The lowest BCUT2D eigenvalue weighted by atomic mass is 9.64. The summed E-state index contributed by atoms with van der Waals surface area (Å²) in [6.45, 7) is 0. The summed E-state index contributed by atoms with van der Waals surface area (Å²) in [6.07, 6.45) is 0. The maximum Gasteiger partial charge on any atom is 0.132 e. The molecule has 0 aromatic heterocycles. The van der Waals surface area contributed by atoms with Crippen LogP contribution in [0.1, 0.15) is 33.4 Å². The minimum Gasteiger partial charge on any atom is -0.497 e. The first-order valence-corrected chi connectivity index (χ1v) is 12.2. The lowest BCUT2D eigenvalue weighted by molar-refractivity contribution is 0.414. The number of fused-ring (bicyclic) bond motifs is 6. The van der Waals surface area contributed by atoms with Crippen LogP contribution < -0.4 is 9.47 Å². The molecule has 172 valence electrons. The molecule has 2 heteroatoms. The zero-order chi connectivity index (χ0) is 24.1. The Kier molecular flexibility index (Phi) is 4.62. The molecule has 0 amide bonds. The third-order valence-electron chi connectivity index (χ3n) is 7.45. The molecule has 0 saturated carbocycles. The van der Waals surface area contributed by atoms with Crippen molar-refractivity contribution in [1.82, 2.24) is 0 Å². The van der Waals surface area contributed by atoms with Gasteiger partial charge < -0.3 is 9.47 Å². The number of methoxy groups -OCH3 is 1. The van der Waals surface area contributed by atoms with Crippen LogP contribution in [0.5, 0.6) is 17.2 Å². The van der Waals surface area contributed by atoms with E-state index in [0.717, 1.165) is 28.4 Å². The van der Waals surface area contributed by atoms with Gasteiger partial charge >= 0.3 is 0 Å². The summed E-state index contributed by atoms with van der Waals surface area (Å²) in [5.41, 5.74) is 9.06. The third kappa shape index (κ3) is 2.79. The van der Waals surface area contributed by atoms with E-state index in [-0.39, 0.29) is 0 Å². The first kappa shape index (κ1) is 20.8. The molecule has 0 bridgehead atoms. The maximum atomic E-state index is 6.50. The normalized spacial score (nSPS) is 14.6. The second-order valence-corrected chi connectivity index (χ2v) is 9.24. The summed E-state index contributed by atoms with van der Waals surface area (Å²) in [4.78, 5) is 0. The summed E-state index contributed by atoms with van der Waals surface area (Å²) in [7, 11) is 1.73. The van der Waals surface area contributed by atoms with E-state index in [4.69, 9.17) is 9.47 Å². The molecule has 36 heavy (non-hydrogen) atoms. The van der Waals surface area contributed by atoms with Crippen LogP contribution in [-0.2, 0) is 5.41 Å². The molecule has 2 nitrogen and oxygen atoms in total. The molecule has 1 aliphatic heterocycles. The van der Waals surface area contributed by atoms with Gasteiger partial charge in [-0.25, -0.2) is 0 Å². The lowest BCUT2D eigenvalue weighted by Gasteiger charge is -2.41. The quantitative estimate of drug-likeness (QED) is 0.268. The summed E-state index contributed by atoms with van der Waals surface area (Å²) >= 11 is 0. The van der Waals surface area contributed by atoms with E-state index in [1.807, 2.05) is 12.1 Å². The van der Waals surface area contributed by atoms with E-state index in [2.05, 4.69) is 115 Å². The third-order valence-corrected chi connectivity index (χ3v) is 7.45. The minimum atomic E-state index is -0.542. The van der Waals surface area contributed by atoms with Crippen molar-refractivity contribution in [2.24, 2.45) is 0 Å². The number of hydrogen-bond donors (Lipinski definition) is 0. The molecule has 0 atom stereocenters. The summed E-state index contributed by atoms with van der Waals surface area (Å²) in [6, 6.07) is 44.9. The van der Waals surface area contributed by atoms with Gasteiger partial charge in [0, 0.05) is 11.1 Å². The molecule has 1 aliphatic carbocycles. The van der Waals surface area contributed by atoms with Crippen LogP contribution in [0.15, 0.2) is 127 Å². The number of rotatable bonds is 3. The largest absolute Gasteiger partial charge is 0.497 e. The molecule has 0 saturated heterocycles. The smallest absolute Gasteiger partial charge is 0.132 e. The molecule has 0 unspecified atom stereocenters. The highest BCUT2D eigenvalue weighted by Crippen LogP contribution is 2.64. The van der Waals surface area contributed by atoms with Crippen LogP contribution in [0, 0.1) is 0 Å². The first-order chi connectivity index (χ1) is 17.8. The molecule has 7 rings (SSSR count). The predicted octanol–water partition coefficient (Wildman–Crippen LogP) is 8.11. The second kappa shape index (κ2) is 8.00. The number of ether oxygens (including phenoxy) is 2. The van der Waals surface area contributed by atoms with Gasteiger partial charge in [-0.2, -0.15) is 0 Å². The monoisotopic (exact) mass is 464 g/mol. The Morgan fingerprint density at radius 2 is 1.11 bits per heavy atom. The summed E-state index contributed by atoms with van der Waals surface area (Å²) < 4.78 is 12.2. The summed E-state index contributed by atoms with van der Waals surface area (Å²) in [5.74, 6) is 2.63. The van der Waals surface area contributed by atoms with Crippen LogP contribution >= 0.6 is 0 Å². The van der Waals surface area contributed by atoms with Crippen molar-refractivity contribution in [3.63, 3.8) is 0 Å². The number of hydrogen-bond acceptors (Lipinski definition) is 2. The SMILES string of the molecule is COc1ccc2c(c1)C(c1ccccc1)=C(c1ccccc1)C21c2ccccc2Oc2ccccc21. The van der Waals surface area contributed by atoms with Crippen molar-refractivity contribution >= 4 is 11.1 Å². The second-order valence-electron chi connectivity index (χ2n) is 9.24. The Bertz CT molecular complexity index is 1590. The number of allylic oxidation sites excluding steroid dienone is 1. The molecule has 5 aromatic carbocycles. The van der Waals surface area contributed by atoms with Crippen molar-refractivity contribution in [2.45, 2.75) is 5.41 Å². The van der Waals surface area contributed by atoms with Crippen molar-refractivity contribution < 1.29 is 9.47 Å². The van der Waals surface area contributed by atoms with Gasteiger partial charge in [-0.15, -0.1) is 0 Å². The van der Waals surface area contributed by atoms with Gasteiger partial charge in [0.2, 0.25) is 0 Å². The Balaban J connectivity index is 1.73. The van der Waals surface area contributed by atoms with Crippen molar-refractivity contribution in [1.29, 1.82) is 0 Å². The van der Waals surface area contributed by atoms with Crippen molar-refractivity contribution in [3.05, 3.63) is 161 Å². The van der Waals surface area contributed by atoms with Gasteiger partial charge in [-0.05, 0) is 57.7 Å². The molecule has 2 aliphatic rings. The molecule has 0 N–H and O–H groups in total. The predicted molar refractivity (Wildman–Crippen MR) is 145 cm³/mol. The number of benzene rings is 5. The van der Waals surface area contributed by atoms with Gasteiger partial charge in [-0.1, -0.05) is 103 Å². The van der Waals surface area contributed by atoms with E-state index < -0.39 is 5.41 Å². The highest BCUT2D eigenvalue weighted by molar-refractivity contribution is 6.11. The van der Waals surface area contributed by atoms with Crippen LogP contribution in [0.2, 0.25) is 0 Å². The van der Waals surface area contributed by atoms with Crippen LogP contribution in [-0.4, -0.2) is 7.11 Å². The first-order valence-electron chi connectivity index (χ1n) is 12.2. The lowest BCUT2D eigenvalue weighted by Crippen LogP contribution is -2.32. The fourth-order valence-electron chi connectivity index (χ4n) is 6.07. The Hall–Kier alpha value is -4.56. The average Bonchev–Trinajstić information content (AvgIpc) is 3.25. The van der Waals surface area contributed by atoms with Crippen LogP contribution in [0.25, 0.3) is 11.1 Å². The zero-order valence-electron chi connectivity index (χ0n) is 19.9. The number of para-hydroxylation sites is 2. The Morgan fingerprint density at radius 3 is 1.72 bits per heavy atom. The van der Waals surface area contributed by atoms with E-state index in [1.54, 1.807) is 7.11 Å². The molecule has 1 spiro atoms. The van der Waals surface area contributed by atoms with Gasteiger partial charge in [0.05, 0.1) is 12.5 Å². The molecule has 0 radical (unpaired) electrons. The van der Waals surface area contributed by atoms with E-state index in [0.29, 0.717) is 0 Å². The molecule has 5 aromatic rings. The maximum absolute atomic E-state index is 6.50. The van der Waals surface area contributed by atoms with E-state index in [9.17, 15) is 0 Å². The van der Waals surface area contributed by atoms with E-state index >= 15 is 0 Å². The topological polar surface area (TPSA) is 18.5 Å². The van der Waals surface area contributed by atoms with Crippen LogP contribution in [0.3, 0.4) is 0 Å². The average molecular weight is 465 g/mol. The van der Waals surface area contributed by atoms with Gasteiger partial charge in [-0.3, -0.25) is 0 Å². The van der Waals surface area contributed by atoms with E-state index in [1.165, 1.54) is 33.4 Å². The summed E-state index contributed by atoms with van der Waals surface area (Å²) in [5, 5.41) is 0. The molecule has 0 fully saturated rings. The molecular formula is C34H24O2.